The maximum atomic E-state index is 12.4. The van der Waals surface area contributed by atoms with Gasteiger partial charge in [0.15, 0.2) is 0 Å². The Hall–Kier alpha value is -8.19. The van der Waals surface area contributed by atoms with Gasteiger partial charge in [0.2, 0.25) is 0 Å². The van der Waals surface area contributed by atoms with Gasteiger partial charge in [-0.2, -0.15) is 0 Å². The van der Waals surface area contributed by atoms with Crippen molar-refractivity contribution in [1.82, 2.24) is 0 Å². The molecule has 0 aliphatic heterocycles. The molecule has 0 heterocycles. The number of benzene rings is 10. The Kier molecular flexibility index (Phi) is 15.0. The Balaban J connectivity index is 0.000000138. The fraction of sp³-hybridized carbons (Fsp3) is 0.0588. The number of carboxylic acids is 2. The molecule has 12 rings (SSSR count). The smallest absolute Gasteiger partial charge is 0.480 e. The average Bonchev–Trinajstić information content (AvgIpc) is 4.02. The van der Waals surface area contributed by atoms with Crippen LogP contribution >= 0.6 is 0 Å². The van der Waals surface area contributed by atoms with Crippen molar-refractivity contribution in [3.05, 3.63) is 312 Å². The van der Waals surface area contributed by atoms with Gasteiger partial charge in [0.25, 0.3) is 0 Å². The first-order chi connectivity index (χ1) is 35.7. The summed E-state index contributed by atoms with van der Waals surface area (Å²) in [5, 5.41) is 34.5. The average molecular weight is 1010 g/mol. The quantitative estimate of drug-likeness (QED) is 0.0813. The van der Waals surface area contributed by atoms with Gasteiger partial charge in [-0.05, 0) is 33.4 Å². The predicted molar refractivity (Wildman–Crippen MR) is 305 cm³/mol. The summed E-state index contributed by atoms with van der Waals surface area (Å²) in [6.45, 7) is 5.01. The van der Waals surface area contributed by atoms with E-state index < -0.39 is 30.8 Å². The van der Waals surface area contributed by atoms with Gasteiger partial charge in [0.1, 0.15) is 10.8 Å². The van der Waals surface area contributed by atoms with Crippen LogP contribution in [0.25, 0.3) is 43.1 Å². The third-order valence-corrected chi connectivity index (χ3v) is 18.1. The Morgan fingerprint density at radius 3 is 0.811 bits per heavy atom. The van der Waals surface area contributed by atoms with E-state index in [1.54, 1.807) is 0 Å². The van der Waals surface area contributed by atoms with Crippen LogP contribution in [0.5, 0.6) is 0 Å². The van der Waals surface area contributed by atoms with E-state index in [9.17, 15) is 19.8 Å². The maximum Gasteiger partial charge on any atom is 2.00 e. The Bertz CT molecular complexity index is 3370. The molecule has 0 spiro atoms. The third-order valence-electron chi connectivity index (χ3n) is 14.5. The summed E-state index contributed by atoms with van der Waals surface area (Å²) in [5.41, 5.74) is 2.09. The van der Waals surface area contributed by atoms with Crippen molar-refractivity contribution in [1.29, 1.82) is 0 Å². The van der Waals surface area contributed by atoms with Gasteiger partial charge in [0, 0.05) is 8.07 Å². The van der Waals surface area contributed by atoms with Crippen LogP contribution in [-0.4, -0.2) is 30.2 Å². The number of hydrogen-bond acceptors (Lipinski definition) is 2. The molecule has 6 heteroatoms. The second-order valence-electron chi connectivity index (χ2n) is 18.9. The second-order valence-corrected chi connectivity index (χ2v) is 23.3. The summed E-state index contributed by atoms with van der Waals surface area (Å²) >= 11 is 0. The van der Waals surface area contributed by atoms with Crippen molar-refractivity contribution in [2.45, 2.75) is 23.9 Å². The number of carboxylic acid groups (broad SMARTS) is 2. The molecule has 0 atom stereocenters. The van der Waals surface area contributed by atoms with Gasteiger partial charge in [-0.25, -0.2) is 0 Å². The van der Waals surface area contributed by atoms with E-state index in [4.69, 9.17) is 0 Å². The number of carbonyl (C=O) groups is 2. The van der Waals surface area contributed by atoms with Gasteiger partial charge in [-0.1, -0.05) is 268 Å². The summed E-state index contributed by atoms with van der Waals surface area (Å²) < 4.78 is 0. The summed E-state index contributed by atoms with van der Waals surface area (Å²) in [6, 6.07) is 92.4. The predicted octanol–water partition coefficient (Wildman–Crippen LogP) is 14.8. The first kappa shape index (κ1) is 50.7. The molecule has 0 bridgehead atoms. The monoisotopic (exact) mass is 1010 g/mol. The van der Waals surface area contributed by atoms with Crippen LogP contribution in [-0.2, 0) is 42.1 Å². The van der Waals surface area contributed by atoms with Gasteiger partial charge in [0.05, 0.1) is 0 Å². The molecular formula is C68H54O4SiTi. The molecule has 0 unspecified atom stereocenters. The summed E-state index contributed by atoms with van der Waals surface area (Å²) in [4.78, 5) is 24.8. The van der Waals surface area contributed by atoms with Gasteiger partial charge in [-0.3, -0.25) is 9.59 Å². The van der Waals surface area contributed by atoms with Crippen molar-refractivity contribution in [3.63, 3.8) is 0 Å². The molecule has 12 aromatic rings. The molecule has 74 heavy (non-hydrogen) atoms. The zero-order chi connectivity index (χ0) is 50.4. The van der Waals surface area contributed by atoms with E-state index in [0.29, 0.717) is 0 Å². The molecule has 4 nitrogen and oxygen atoms in total. The van der Waals surface area contributed by atoms with Crippen LogP contribution < -0.4 is 10.4 Å². The Labute approximate surface area is 448 Å². The number of aliphatic carboxylic acids is 2. The first-order valence-electron chi connectivity index (χ1n) is 24.6. The normalized spacial score (nSPS) is 11.5. The molecule has 0 saturated carbocycles. The minimum Gasteiger partial charge on any atom is -0.480 e. The van der Waals surface area contributed by atoms with Crippen LogP contribution in [0.2, 0.25) is 13.1 Å². The molecule has 0 aromatic heterocycles. The molecule has 0 fully saturated rings. The van der Waals surface area contributed by atoms with Crippen LogP contribution in [0.3, 0.4) is 0 Å². The summed E-state index contributed by atoms with van der Waals surface area (Å²) in [7, 11) is -1.91. The second kappa shape index (κ2) is 21.9. The zero-order valence-electron chi connectivity index (χ0n) is 41.3. The SMILES string of the molecule is C[Si](C)(c1cccc2c1[cH-]c1ccccc12)c1cccc2c1[cH-]c1ccccc12.O=C(O)C(c1ccccc1)(c1ccccc1)c1ccccc1.O=C(O)C(c1ccccc1)(c1ccccc1)c1ccccc1.[Ti+2]. The van der Waals surface area contributed by atoms with Crippen molar-refractivity contribution in [3.8, 4) is 0 Å². The van der Waals surface area contributed by atoms with Crippen molar-refractivity contribution < 1.29 is 41.5 Å². The number of rotatable bonds is 10. The molecule has 0 aliphatic rings. The molecule has 0 amide bonds. The topological polar surface area (TPSA) is 74.6 Å². The van der Waals surface area contributed by atoms with E-state index in [2.05, 4.69) is 110 Å². The maximum absolute atomic E-state index is 12.4. The van der Waals surface area contributed by atoms with Crippen LogP contribution in [0.1, 0.15) is 33.4 Å². The minimum absolute atomic E-state index is 0. The number of hydrogen-bond donors (Lipinski definition) is 2. The van der Waals surface area contributed by atoms with Crippen LogP contribution in [0, 0.1) is 0 Å². The molecule has 2 N–H and O–H groups in total. The van der Waals surface area contributed by atoms with Crippen molar-refractivity contribution >= 4 is 73.5 Å². The van der Waals surface area contributed by atoms with E-state index in [0.717, 1.165) is 33.4 Å². The van der Waals surface area contributed by atoms with Crippen molar-refractivity contribution in [2.24, 2.45) is 0 Å². The first-order valence-corrected chi connectivity index (χ1v) is 27.6. The van der Waals surface area contributed by atoms with E-state index in [-0.39, 0.29) is 21.7 Å². The molecule has 0 radical (unpaired) electrons. The fourth-order valence-corrected chi connectivity index (χ4v) is 14.1. The molecule has 12 aromatic carbocycles. The Morgan fingerprint density at radius 1 is 0.324 bits per heavy atom. The van der Waals surface area contributed by atoms with Crippen LogP contribution in [0.15, 0.2) is 279 Å². The minimum atomic E-state index is -1.91. The van der Waals surface area contributed by atoms with Crippen molar-refractivity contribution in [2.75, 3.05) is 0 Å². The van der Waals surface area contributed by atoms with E-state index >= 15 is 0 Å². The van der Waals surface area contributed by atoms with E-state index in [1.807, 2.05) is 182 Å². The third kappa shape index (κ3) is 9.16. The fourth-order valence-electron chi connectivity index (χ4n) is 11.1. The van der Waals surface area contributed by atoms with Gasteiger partial charge >= 0.3 is 33.7 Å². The molecule has 358 valence electrons. The van der Waals surface area contributed by atoms with Crippen LogP contribution in [0.4, 0.5) is 0 Å². The molecular weight excluding hydrogens is 957 g/mol. The molecule has 0 saturated heterocycles. The standard InChI is InChI=1S/C28H22Si.2C20H16O2.Ti/c1-29(2,27-15-7-13-23-21-11-5-3-9-19(21)17-25(23)27)28-16-8-14-24-22-12-6-4-10-20(22)18-26(24)28;2*21-19(22)20(16-10-4-1-5-11-16,17-12-6-2-7-13-17)18-14-8-3-9-15-18;/h3-18H,1-2H3;2*1-15H,(H,21,22);/q-2;;;+2. The largest absolute Gasteiger partial charge is 2.00 e. The van der Waals surface area contributed by atoms with Gasteiger partial charge < -0.3 is 10.2 Å². The molecule has 0 aliphatic carbocycles. The van der Waals surface area contributed by atoms with E-state index in [1.165, 1.54) is 53.5 Å². The summed E-state index contributed by atoms with van der Waals surface area (Å²) in [6.07, 6.45) is 0. The number of fused-ring (bicyclic) bond motifs is 6. The Morgan fingerprint density at radius 2 is 0.554 bits per heavy atom. The zero-order valence-corrected chi connectivity index (χ0v) is 43.8. The van der Waals surface area contributed by atoms with Gasteiger partial charge in [-0.15, -0.1) is 77.7 Å². The summed E-state index contributed by atoms with van der Waals surface area (Å²) in [5.74, 6) is -1.76.